The van der Waals surface area contributed by atoms with Crippen LogP contribution >= 0.6 is 0 Å². The average molecular weight is 292 g/mol. The Labute approximate surface area is 121 Å². The summed E-state index contributed by atoms with van der Waals surface area (Å²) in [6.45, 7) is 1.83. The first-order valence-corrected chi connectivity index (χ1v) is 6.35. The number of carboxylic acids is 2. The molecule has 0 amide bonds. The molecular formula is C15H16O6. The van der Waals surface area contributed by atoms with E-state index >= 15 is 0 Å². The molecule has 0 aromatic heterocycles. The highest BCUT2D eigenvalue weighted by molar-refractivity contribution is 6.02. The van der Waals surface area contributed by atoms with Gasteiger partial charge in [0.15, 0.2) is 0 Å². The number of aryl methyl sites for hydroxylation is 1. The van der Waals surface area contributed by atoms with E-state index in [9.17, 15) is 14.4 Å². The second kappa shape index (κ2) is 7.84. The van der Waals surface area contributed by atoms with Gasteiger partial charge in [-0.2, -0.15) is 0 Å². The summed E-state index contributed by atoms with van der Waals surface area (Å²) in [5, 5.41) is 18.2. The maximum atomic E-state index is 11.2. The fourth-order valence-corrected chi connectivity index (χ4v) is 1.86. The predicted molar refractivity (Wildman–Crippen MR) is 74.5 cm³/mol. The summed E-state index contributed by atoms with van der Waals surface area (Å²) in [6.07, 6.45) is 3.56. The van der Waals surface area contributed by atoms with Gasteiger partial charge >= 0.3 is 17.9 Å². The summed E-state index contributed by atoms with van der Waals surface area (Å²) < 4.78 is 4.89. The topological polar surface area (TPSA) is 101 Å². The minimum atomic E-state index is -1.28. The van der Waals surface area contributed by atoms with Crippen molar-refractivity contribution in [2.75, 3.05) is 6.61 Å². The van der Waals surface area contributed by atoms with Crippen molar-refractivity contribution in [2.45, 2.75) is 19.8 Å². The lowest BCUT2D eigenvalue weighted by Gasteiger charge is -2.09. The lowest BCUT2D eigenvalue weighted by atomic mass is 9.98. The molecule has 0 heterocycles. The number of ether oxygens (including phenoxy) is 1. The highest BCUT2D eigenvalue weighted by Crippen LogP contribution is 2.17. The molecule has 6 heteroatoms. The number of hydrogen-bond donors (Lipinski definition) is 2. The molecule has 21 heavy (non-hydrogen) atoms. The molecule has 0 aliphatic carbocycles. The van der Waals surface area contributed by atoms with E-state index in [1.165, 1.54) is 18.2 Å². The SMILES string of the molecule is CC=CC(=O)OCCCc1cccc(C(=O)O)c1C(=O)O. The number of aromatic carboxylic acids is 2. The Balaban J connectivity index is 2.75. The summed E-state index contributed by atoms with van der Waals surface area (Å²) in [6, 6.07) is 4.31. The van der Waals surface area contributed by atoms with Crippen molar-refractivity contribution in [1.29, 1.82) is 0 Å². The van der Waals surface area contributed by atoms with Crippen LogP contribution in [0.5, 0.6) is 0 Å². The molecule has 0 spiro atoms. The maximum absolute atomic E-state index is 11.2. The van der Waals surface area contributed by atoms with Crippen molar-refractivity contribution in [3.05, 3.63) is 47.0 Å². The van der Waals surface area contributed by atoms with Gasteiger partial charge in [-0.25, -0.2) is 14.4 Å². The third kappa shape index (κ3) is 4.76. The third-order valence-electron chi connectivity index (χ3n) is 2.73. The Morgan fingerprint density at radius 1 is 1.19 bits per heavy atom. The number of allylic oxidation sites excluding steroid dienone is 1. The Morgan fingerprint density at radius 2 is 1.90 bits per heavy atom. The standard InChI is InChI=1S/C15H16O6/c1-2-5-12(16)21-9-4-7-10-6-3-8-11(14(17)18)13(10)15(19)20/h2-3,5-6,8H,4,7,9H2,1H3,(H,17,18)(H,19,20). The third-order valence-corrected chi connectivity index (χ3v) is 2.73. The summed E-state index contributed by atoms with van der Waals surface area (Å²) in [5.74, 6) is -3.03. The monoisotopic (exact) mass is 292 g/mol. The van der Waals surface area contributed by atoms with E-state index < -0.39 is 17.9 Å². The molecule has 1 aromatic rings. The van der Waals surface area contributed by atoms with Gasteiger partial charge in [0, 0.05) is 6.08 Å². The molecule has 6 nitrogen and oxygen atoms in total. The number of rotatable bonds is 7. The number of benzene rings is 1. The van der Waals surface area contributed by atoms with Crippen molar-refractivity contribution in [2.24, 2.45) is 0 Å². The zero-order valence-corrected chi connectivity index (χ0v) is 11.5. The van der Waals surface area contributed by atoms with Gasteiger partial charge < -0.3 is 14.9 Å². The van der Waals surface area contributed by atoms with Gasteiger partial charge in [-0.05, 0) is 31.4 Å². The van der Waals surface area contributed by atoms with Crippen LogP contribution < -0.4 is 0 Å². The van der Waals surface area contributed by atoms with Crippen molar-refractivity contribution in [3.8, 4) is 0 Å². The van der Waals surface area contributed by atoms with Gasteiger partial charge in [-0.3, -0.25) is 0 Å². The molecule has 112 valence electrons. The number of carbonyl (C=O) groups is 3. The minimum Gasteiger partial charge on any atom is -0.478 e. The van der Waals surface area contributed by atoms with Crippen molar-refractivity contribution in [1.82, 2.24) is 0 Å². The summed E-state index contributed by atoms with van der Waals surface area (Å²) in [4.78, 5) is 33.3. The van der Waals surface area contributed by atoms with Gasteiger partial charge in [-0.15, -0.1) is 0 Å². The van der Waals surface area contributed by atoms with Gasteiger partial charge in [0.1, 0.15) is 0 Å². The van der Waals surface area contributed by atoms with Gasteiger partial charge in [0.25, 0.3) is 0 Å². The Kier molecular flexibility index (Phi) is 6.13. The number of hydrogen-bond acceptors (Lipinski definition) is 4. The highest BCUT2D eigenvalue weighted by atomic mass is 16.5. The van der Waals surface area contributed by atoms with Crippen LogP contribution in [-0.4, -0.2) is 34.7 Å². The molecule has 2 N–H and O–H groups in total. The Hall–Kier alpha value is -2.63. The van der Waals surface area contributed by atoms with Crippen molar-refractivity contribution < 1.29 is 29.3 Å². The molecule has 0 aliphatic rings. The molecule has 1 aromatic carbocycles. The molecule has 0 atom stereocenters. The summed E-state index contributed by atoms with van der Waals surface area (Å²) in [7, 11) is 0. The van der Waals surface area contributed by atoms with Crippen LogP contribution in [-0.2, 0) is 16.0 Å². The normalized spacial score (nSPS) is 10.5. The van der Waals surface area contributed by atoms with Crippen LogP contribution in [0.25, 0.3) is 0 Å². The molecule has 0 saturated carbocycles. The first-order valence-electron chi connectivity index (χ1n) is 6.35. The van der Waals surface area contributed by atoms with E-state index in [1.54, 1.807) is 19.1 Å². The predicted octanol–water partition coefficient (Wildman–Crippen LogP) is 2.13. The van der Waals surface area contributed by atoms with Crippen LogP contribution in [0.3, 0.4) is 0 Å². The quantitative estimate of drug-likeness (QED) is 0.453. The van der Waals surface area contributed by atoms with Crippen LogP contribution in [0.1, 0.15) is 39.6 Å². The van der Waals surface area contributed by atoms with E-state index in [0.29, 0.717) is 18.4 Å². The lowest BCUT2D eigenvalue weighted by Crippen LogP contribution is -2.12. The smallest absolute Gasteiger partial charge is 0.336 e. The van der Waals surface area contributed by atoms with Crippen LogP contribution in [0.4, 0.5) is 0 Å². The fraction of sp³-hybridized carbons (Fsp3) is 0.267. The molecule has 0 aliphatic heterocycles. The second-order valence-corrected chi connectivity index (χ2v) is 4.22. The zero-order chi connectivity index (χ0) is 15.8. The fourth-order valence-electron chi connectivity index (χ4n) is 1.86. The second-order valence-electron chi connectivity index (χ2n) is 4.22. The molecule has 1 rings (SSSR count). The average Bonchev–Trinajstić information content (AvgIpc) is 2.43. The maximum Gasteiger partial charge on any atom is 0.336 e. The van der Waals surface area contributed by atoms with Gasteiger partial charge in [0.2, 0.25) is 0 Å². The number of carbonyl (C=O) groups excluding carboxylic acids is 1. The van der Waals surface area contributed by atoms with Crippen LogP contribution in [0, 0.1) is 0 Å². The molecule has 0 saturated heterocycles. The largest absolute Gasteiger partial charge is 0.478 e. The lowest BCUT2D eigenvalue weighted by molar-refractivity contribution is -0.137. The Morgan fingerprint density at radius 3 is 2.48 bits per heavy atom. The summed E-state index contributed by atoms with van der Waals surface area (Å²) in [5.41, 5.74) is -0.0554. The van der Waals surface area contributed by atoms with E-state index in [1.807, 2.05) is 0 Å². The number of esters is 1. The first kappa shape index (κ1) is 16.4. The molecule has 0 bridgehead atoms. The molecule has 0 fully saturated rings. The van der Waals surface area contributed by atoms with Gasteiger partial charge in [-0.1, -0.05) is 18.2 Å². The molecular weight excluding hydrogens is 276 g/mol. The molecule has 0 radical (unpaired) electrons. The summed E-state index contributed by atoms with van der Waals surface area (Å²) >= 11 is 0. The van der Waals surface area contributed by atoms with E-state index in [4.69, 9.17) is 14.9 Å². The molecule has 0 unspecified atom stereocenters. The zero-order valence-electron chi connectivity index (χ0n) is 11.5. The minimum absolute atomic E-state index is 0.138. The van der Waals surface area contributed by atoms with Crippen LogP contribution in [0.2, 0.25) is 0 Å². The van der Waals surface area contributed by atoms with Crippen molar-refractivity contribution >= 4 is 17.9 Å². The van der Waals surface area contributed by atoms with Crippen molar-refractivity contribution in [3.63, 3.8) is 0 Å². The van der Waals surface area contributed by atoms with Crippen LogP contribution in [0.15, 0.2) is 30.4 Å². The van der Waals surface area contributed by atoms with E-state index in [0.717, 1.165) is 0 Å². The van der Waals surface area contributed by atoms with Gasteiger partial charge in [0.05, 0.1) is 17.7 Å². The first-order chi connectivity index (χ1) is 9.97. The van der Waals surface area contributed by atoms with E-state index in [2.05, 4.69) is 0 Å². The highest BCUT2D eigenvalue weighted by Gasteiger charge is 2.19. The number of carboxylic acid groups (broad SMARTS) is 2. The van der Waals surface area contributed by atoms with E-state index in [-0.39, 0.29) is 17.7 Å². The Bertz CT molecular complexity index is 574.